The third kappa shape index (κ3) is 5.91. The Balaban J connectivity index is 2.53. The van der Waals surface area contributed by atoms with Crippen LogP contribution in [0.2, 0.25) is 0 Å². The van der Waals surface area contributed by atoms with Gasteiger partial charge >= 0.3 is 0 Å². The number of benzene rings is 1. The molecule has 17 heavy (non-hydrogen) atoms. The summed E-state index contributed by atoms with van der Waals surface area (Å²) in [5.41, 5.74) is 1.31. The molecule has 0 aliphatic carbocycles. The smallest absolute Gasteiger partial charge is 0.0556 e. The molecule has 4 heteroatoms. The molecule has 96 valence electrons. The fourth-order valence-electron chi connectivity index (χ4n) is 1.33. The lowest BCUT2D eigenvalue weighted by molar-refractivity contribution is 0.218. The third-order valence-electron chi connectivity index (χ3n) is 2.26. The van der Waals surface area contributed by atoms with Crippen LogP contribution in [0.4, 0.5) is 0 Å². The summed E-state index contributed by atoms with van der Waals surface area (Å²) in [4.78, 5) is 1.27. The van der Waals surface area contributed by atoms with E-state index < -0.39 is 0 Å². The lowest BCUT2D eigenvalue weighted by atomic mass is 10.2. The molecule has 0 aliphatic heterocycles. The summed E-state index contributed by atoms with van der Waals surface area (Å²) in [7, 11) is 1.73. The number of rotatable bonds is 7. The second-order valence-corrected chi connectivity index (χ2v) is 6.13. The third-order valence-corrected chi connectivity index (χ3v) is 4.21. The maximum absolute atomic E-state index is 5.05. The number of methoxy groups -OCH3 is 1. The molecule has 1 rings (SSSR count). The van der Waals surface area contributed by atoms with Crippen LogP contribution in [0.3, 0.4) is 0 Å². The minimum Gasteiger partial charge on any atom is -0.384 e. The van der Waals surface area contributed by atoms with Gasteiger partial charge in [-0.2, -0.15) is 0 Å². The molecule has 0 bridgehead atoms. The summed E-state index contributed by atoms with van der Waals surface area (Å²) in [6.45, 7) is 6.01. The van der Waals surface area contributed by atoms with Crippen molar-refractivity contribution in [1.82, 2.24) is 5.32 Å². The van der Waals surface area contributed by atoms with Gasteiger partial charge in [0.2, 0.25) is 0 Å². The molecule has 0 saturated heterocycles. The van der Waals surface area contributed by atoms with E-state index in [9.17, 15) is 0 Å². The second-order valence-electron chi connectivity index (χ2n) is 4.14. The highest BCUT2D eigenvalue weighted by atomic mass is 79.9. The van der Waals surface area contributed by atoms with Crippen LogP contribution < -0.4 is 5.32 Å². The Morgan fingerprint density at radius 3 is 2.76 bits per heavy atom. The van der Waals surface area contributed by atoms with Gasteiger partial charge in [0, 0.05) is 34.8 Å². The Morgan fingerprint density at radius 1 is 1.41 bits per heavy atom. The van der Waals surface area contributed by atoms with Gasteiger partial charge in [-0.1, -0.05) is 19.9 Å². The van der Waals surface area contributed by atoms with Crippen LogP contribution in [0.1, 0.15) is 19.4 Å². The fraction of sp³-hybridized carbons (Fsp3) is 0.538. The molecule has 0 fully saturated rings. The number of thioether (sulfide) groups is 1. The van der Waals surface area contributed by atoms with E-state index in [1.165, 1.54) is 14.9 Å². The van der Waals surface area contributed by atoms with Gasteiger partial charge < -0.3 is 10.1 Å². The number of halogens is 1. The Labute approximate surface area is 117 Å². The highest BCUT2D eigenvalue weighted by Gasteiger charge is 2.03. The summed E-state index contributed by atoms with van der Waals surface area (Å²) in [6, 6.07) is 7.05. The van der Waals surface area contributed by atoms with Crippen molar-refractivity contribution in [3.05, 3.63) is 28.2 Å². The van der Waals surface area contributed by atoms with E-state index >= 15 is 0 Å². The van der Waals surface area contributed by atoms with Gasteiger partial charge in [-0.3, -0.25) is 0 Å². The van der Waals surface area contributed by atoms with Crippen molar-refractivity contribution < 1.29 is 4.74 Å². The Hall–Kier alpha value is -0.0300. The Morgan fingerprint density at radius 2 is 2.18 bits per heavy atom. The van der Waals surface area contributed by atoms with Gasteiger partial charge in [0.1, 0.15) is 0 Å². The van der Waals surface area contributed by atoms with Crippen molar-refractivity contribution in [3.8, 4) is 0 Å². The predicted molar refractivity (Wildman–Crippen MR) is 78.7 cm³/mol. The largest absolute Gasteiger partial charge is 0.384 e. The molecule has 0 atom stereocenters. The summed E-state index contributed by atoms with van der Waals surface area (Å²) >= 11 is 5.43. The molecule has 1 aromatic carbocycles. The van der Waals surface area contributed by atoms with E-state index in [-0.39, 0.29) is 0 Å². The topological polar surface area (TPSA) is 21.3 Å². The first kappa shape index (κ1) is 15.0. The van der Waals surface area contributed by atoms with E-state index in [1.807, 2.05) is 11.8 Å². The molecular formula is C13H20BrNOS. The molecule has 1 aromatic rings. The molecule has 0 saturated carbocycles. The molecule has 1 N–H and O–H groups in total. The molecular weight excluding hydrogens is 298 g/mol. The molecule has 0 aromatic heterocycles. The van der Waals surface area contributed by atoms with Crippen LogP contribution in [-0.4, -0.2) is 25.5 Å². The van der Waals surface area contributed by atoms with Gasteiger partial charge in [0.25, 0.3) is 0 Å². The highest BCUT2D eigenvalue weighted by molar-refractivity contribution is 9.10. The van der Waals surface area contributed by atoms with Crippen molar-refractivity contribution in [1.29, 1.82) is 0 Å². The SMILES string of the molecule is COCCSc1ccc(CNC(C)C)cc1Br. The molecule has 2 nitrogen and oxygen atoms in total. The maximum Gasteiger partial charge on any atom is 0.0556 e. The fourth-order valence-corrected chi connectivity index (χ4v) is 2.93. The van der Waals surface area contributed by atoms with Crippen molar-refractivity contribution in [2.24, 2.45) is 0 Å². The summed E-state index contributed by atoms with van der Waals surface area (Å²) in [5.74, 6) is 0.985. The molecule has 0 radical (unpaired) electrons. The van der Waals surface area contributed by atoms with Gasteiger partial charge in [-0.15, -0.1) is 11.8 Å². The van der Waals surface area contributed by atoms with Crippen LogP contribution in [0, 0.1) is 0 Å². The lowest BCUT2D eigenvalue weighted by Crippen LogP contribution is -2.21. The molecule has 0 spiro atoms. The van der Waals surface area contributed by atoms with Crippen LogP contribution in [0.15, 0.2) is 27.6 Å². The zero-order chi connectivity index (χ0) is 12.7. The van der Waals surface area contributed by atoms with Crippen LogP contribution in [-0.2, 0) is 11.3 Å². The number of nitrogens with one attached hydrogen (secondary N) is 1. The van der Waals surface area contributed by atoms with Gasteiger partial charge in [-0.05, 0) is 33.6 Å². The molecule has 0 unspecified atom stereocenters. The zero-order valence-corrected chi connectivity index (χ0v) is 13.0. The van der Waals surface area contributed by atoms with Crippen LogP contribution >= 0.6 is 27.7 Å². The second kappa shape index (κ2) is 8.14. The van der Waals surface area contributed by atoms with Crippen molar-refractivity contribution >= 4 is 27.7 Å². The van der Waals surface area contributed by atoms with Gasteiger partial charge in [0.05, 0.1) is 6.61 Å². The van der Waals surface area contributed by atoms with E-state index in [0.717, 1.165) is 18.9 Å². The first-order valence-electron chi connectivity index (χ1n) is 5.77. The summed E-state index contributed by atoms with van der Waals surface area (Å²) in [6.07, 6.45) is 0. The van der Waals surface area contributed by atoms with E-state index in [4.69, 9.17) is 4.74 Å². The first-order chi connectivity index (χ1) is 8.13. The van der Waals surface area contributed by atoms with E-state index in [1.54, 1.807) is 7.11 Å². The highest BCUT2D eigenvalue weighted by Crippen LogP contribution is 2.28. The zero-order valence-electron chi connectivity index (χ0n) is 10.6. The monoisotopic (exact) mass is 317 g/mol. The number of hydrogen-bond acceptors (Lipinski definition) is 3. The van der Waals surface area contributed by atoms with Crippen LogP contribution in [0.5, 0.6) is 0 Å². The summed E-state index contributed by atoms with van der Waals surface area (Å²) < 4.78 is 6.21. The van der Waals surface area contributed by atoms with Crippen molar-refractivity contribution in [2.45, 2.75) is 31.3 Å². The minimum atomic E-state index is 0.518. The molecule has 0 aliphatic rings. The van der Waals surface area contributed by atoms with Crippen LogP contribution in [0.25, 0.3) is 0 Å². The average Bonchev–Trinajstić information content (AvgIpc) is 2.29. The van der Waals surface area contributed by atoms with Crippen molar-refractivity contribution in [3.63, 3.8) is 0 Å². The minimum absolute atomic E-state index is 0.518. The lowest BCUT2D eigenvalue weighted by Gasteiger charge is -2.10. The van der Waals surface area contributed by atoms with Gasteiger partial charge in [0.15, 0.2) is 0 Å². The maximum atomic E-state index is 5.05. The Kier molecular flexibility index (Phi) is 7.19. The number of hydrogen-bond donors (Lipinski definition) is 1. The van der Waals surface area contributed by atoms with Crippen molar-refractivity contribution in [2.75, 3.05) is 19.5 Å². The first-order valence-corrected chi connectivity index (χ1v) is 7.55. The standard InChI is InChI=1S/C13H20BrNOS/c1-10(2)15-9-11-4-5-13(12(14)8-11)17-7-6-16-3/h4-5,8,10,15H,6-7,9H2,1-3H3. The quantitative estimate of drug-likeness (QED) is 0.612. The average molecular weight is 318 g/mol. The van der Waals surface area contributed by atoms with E-state index in [0.29, 0.717) is 6.04 Å². The Bertz CT molecular complexity index is 344. The van der Waals surface area contributed by atoms with E-state index in [2.05, 4.69) is 53.3 Å². The molecule has 0 amide bonds. The van der Waals surface area contributed by atoms with Gasteiger partial charge in [-0.25, -0.2) is 0 Å². The normalized spacial score (nSPS) is 11.1. The number of ether oxygens (including phenoxy) is 1. The molecule has 0 heterocycles. The predicted octanol–water partition coefficient (Wildman–Crippen LogP) is 3.69. The summed E-state index contributed by atoms with van der Waals surface area (Å²) in [5, 5.41) is 3.41.